The molecule has 2 aromatic carbocycles. The lowest BCUT2D eigenvalue weighted by molar-refractivity contribution is -0.122. The normalized spacial score (nSPS) is 25.0. The van der Waals surface area contributed by atoms with E-state index < -0.39 is 6.04 Å². The van der Waals surface area contributed by atoms with Crippen LogP contribution in [0.25, 0.3) is 11.1 Å². The number of carbonyl (C=O) groups is 2. The lowest BCUT2D eigenvalue weighted by atomic mass is 9.98. The first-order chi connectivity index (χ1) is 11.2. The topological polar surface area (TPSA) is 63.4 Å². The average Bonchev–Trinajstić information content (AvgIpc) is 3.24. The van der Waals surface area contributed by atoms with Crippen LogP contribution in [0, 0.1) is 11.8 Å². The maximum Gasteiger partial charge on any atom is 0.255 e. The number of nitrogens with zero attached hydrogens (tertiary/aromatic N) is 1. The molecule has 1 saturated heterocycles. The molecule has 23 heavy (non-hydrogen) atoms. The maximum absolute atomic E-state index is 13.0. The summed E-state index contributed by atoms with van der Waals surface area (Å²) in [4.78, 5) is 26.5. The zero-order chi connectivity index (χ0) is 16.0. The number of hydrogen-bond acceptors (Lipinski definition) is 2. The summed E-state index contributed by atoms with van der Waals surface area (Å²) < 4.78 is 0. The van der Waals surface area contributed by atoms with Crippen molar-refractivity contribution in [3.63, 3.8) is 0 Å². The lowest BCUT2D eigenvalue weighted by Crippen LogP contribution is -2.46. The number of piperidine rings is 1. The van der Waals surface area contributed by atoms with Crippen LogP contribution in [0.15, 0.2) is 54.6 Å². The molecule has 3 atom stereocenters. The molecule has 4 nitrogen and oxygen atoms in total. The Labute approximate surface area is 134 Å². The number of carbonyl (C=O) groups excluding carboxylic acids is 2. The SMILES string of the molecule is NC(=O)[C@@H]1[C@H]2C[C@H]2CN1C(=O)c1ccccc1-c1ccccc1. The highest BCUT2D eigenvalue weighted by Crippen LogP contribution is 2.50. The van der Waals surface area contributed by atoms with Gasteiger partial charge in [-0.2, -0.15) is 0 Å². The monoisotopic (exact) mass is 306 g/mol. The average molecular weight is 306 g/mol. The van der Waals surface area contributed by atoms with Gasteiger partial charge in [0, 0.05) is 12.1 Å². The number of benzene rings is 2. The highest BCUT2D eigenvalue weighted by Gasteiger charge is 2.56. The minimum Gasteiger partial charge on any atom is -0.368 e. The number of likely N-dealkylation sites (tertiary alicyclic amines) is 1. The maximum atomic E-state index is 13.0. The summed E-state index contributed by atoms with van der Waals surface area (Å²) >= 11 is 0. The number of amides is 2. The largest absolute Gasteiger partial charge is 0.368 e. The number of fused-ring (bicyclic) bond motifs is 1. The summed E-state index contributed by atoms with van der Waals surface area (Å²) in [5.41, 5.74) is 8.06. The standard InChI is InChI=1S/C19H18N2O2/c20-18(22)17-16-10-13(16)11-21(17)19(23)15-9-5-4-8-14(15)12-6-2-1-3-7-12/h1-9,13,16-17H,10-11H2,(H2,20,22)/t13-,16-,17-/m0/s1. The van der Waals surface area contributed by atoms with Gasteiger partial charge in [0.2, 0.25) is 5.91 Å². The van der Waals surface area contributed by atoms with Crippen molar-refractivity contribution >= 4 is 11.8 Å². The third kappa shape index (κ3) is 2.31. The predicted octanol–water partition coefficient (Wildman–Crippen LogP) is 2.30. The Balaban J connectivity index is 1.71. The minimum atomic E-state index is -0.448. The Morgan fingerprint density at radius 3 is 2.43 bits per heavy atom. The molecule has 1 saturated carbocycles. The highest BCUT2D eigenvalue weighted by molar-refractivity contribution is 6.03. The molecule has 0 bridgehead atoms. The van der Waals surface area contributed by atoms with E-state index in [-0.39, 0.29) is 17.7 Å². The van der Waals surface area contributed by atoms with Crippen molar-refractivity contribution in [1.29, 1.82) is 0 Å². The van der Waals surface area contributed by atoms with Gasteiger partial charge in [0.15, 0.2) is 0 Å². The van der Waals surface area contributed by atoms with Crippen LogP contribution in [0.4, 0.5) is 0 Å². The molecule has 2 aliphatic rings. The van der Waals surface area contributed by atoms with Crippen molar-refractivity contribution in [2.24, 2.45) is 17.6 Å². The second kappa shape index (κ2) is 5.23. The molecular formula is C19H18N2O2. The molecule has 0 unspecified atom stereocenters. The van der Waals surface area contributed by atoms with Crippen molar-refractivity contribution in [2.75, 3.05) is 6.54 Å². The van der Waals surface area contributed by atoms with Gasteiger partial charge in [-0.15, -0.1) is 0 Å². The van der Waals surface area contributed by atoms with Gasteiger partial charge in [-0.1, -0.05) is 48.5 Å². The van der Waals surface area contributed by atoms with Crippen LogP contribution < -0.4 is 5.73 Å². The molecule has 116 valence electrons. The third-order valence-corrected chi connectivity index (χ3v) is 4.94. The van der Waals surface area contributed by atoms with E-state index in [1.54, 1.807) is 4.90 Å². The van der Waals surface area contributed by atoms with Gasteiger partial charge in [-0.3, -0.25) is 9.59 Å². The summed E-state index contributed by atoms with van der Waals surface area (Å²) in [6.45, 7) is 0.639. The molecule has 0 aromatic heterocycles. The molecule has 0 radical (unpaired) electrons. The van der Waals surface area contributed by atoms with E-state index in [4.69, 9.17) is 5.73 Å². The van der Waals surface area contributed by atoms with Gasteiger partial charge in [-0.25, -0.2) is 0 Å². The van der Waals surface area contributed by atoms with Gasteiger partial charge in [0.25, 0.3) is 5.91 Å². The molecule has 4 heteroatoms. The van der Waals surface area contributed by atoms with Crippen molar-refractivity contribution < 1.29 is 9.59 Å². The first kappa shape index (κ1) is 14.0. The van der Waals surface area contributed by atoms with Gasteiger partial charge in [0.05, 0.1) is 0 Å². The lowest BCUT2D eigenvalue weighted by Gasteiger charge is -2.26. The first-order valence-corrected chi connectivity index (χ1v) is 7.91. The zero-order valence-electron chi connectivity index (χ0n) is 12.7. The fraction of sp³-hybridized carbons (Fsp3) is 0.263. The third-order valence-electron chi connectivity index (χ3n) is 4.94. The quantitative estimate of drug-likeness (QED) is 0.945. The Morgan fingerprint density at radius 2 is 1.70 bits per heavy atom. The van der Waals surface area contributed by atoms with E-state index in [0.717, 1.165) is 17.5 Å². The summed E-state index contributed by atoms with van der Waals surface area (Å²) in [5.74, 6) is 0.224. The first-order valence-electron chi connectivity index (χ1n) is 7.91. The van der Waals surface area contributed by atoms with Gasteiger partial charge in [-0.05, 0) is 35.4 Å². The smallest absolute Gasteiger partial charge is 0.255 e. The molecule has 2 amide bonds. The second-order valence-electron chi connectivity index (χ2n) is 6.38. The Hall–Kier alpha value is -2.62. The number of primary amides is 1. The van der Waals surface area contributed by atoms with Crippen LogP contribution in [-0.2, 0) is 4.79 Å². The molecule has 2 fully saturated rings. The van der Waals surface area contributed by atoms with E-state index in [0.29, 0.717) is 18.0 Å². The van der Waals surface area contributed by atoms with E-state index in [9.17, 15) is 9.59 Å². The van der Waals surface area contributed by atoms with Crippen LogP contribution in [0.2, 0.25) is 0 Å². The Kier molecular flexibility index (Phi) is 3.18. The summed E-state index contributed by atoms with van der Waals surface area (Å²) in [5, 5.41) is 0. The molecule has 0 spiro atoms. The molecule has 2 N–H and O–H groups in total. The van der Waals surface area contributed by atoms with Crippen LogP contribution in [0.3, 0.4) is 0 Å². The number of rotatable bonds is 3. The molecule has 1 aliphatic carbocycles. The van der Waals surface area contributed by atoms with Crippen molar-refractivity contribution in [1.82, 2.24) is 4.90 Å². The van der Waals surface area contributed by atoms with Crippen molar-refractivity contribution in [2.45, 2.75) is 12.5 Å². The molecule has 1 heterocycles. The minimum absolute atomic E-state index is 0.0968. The summed E-state index contributed by atoms with van der Waals surface area (Å²) in [7, 11) is 0. The van der Waals surface area contributed by atoms with Crippen LogP contribution >= 0.6 is 0 Å². The summed E-state index contributed by atoms with van der Waals surface area (Å²) in [6, 6.07) is 16.9. The van der Waals surface area contributed by atoms with Gasteiger partial charge in [0.1, 0.15) is 6.04 Å². The summed E-state index contributed by atoms with van der Waals surface area (Å²) in [6.07, 6.45) is 1.01. The van der Waals surface area contributed by atoms with Crippen molar-refractivity contribution in [3.05, 3.63) is 60.2 Å². The van der Waals surface area contributed by atoms with E-state index in [1.165, 1.54) is 0 Å². The highest BCUT2D eigenvalue weighted by atomic mass is 16.2. The molecular weight excluding hydrogens is 288 g/mol. The Morgan fingerprint density at radius 1 is 1.00 bits per heavy atom. The van der Waals surface area contributed by atoms with E-state index in [1.807, 2.05) is 54.6 Å². The molecule has 1 aliphatic heterocycles. The van der Waals surface area contributed by atoms with Crippen LogP contribution in [0.1, 0.15) is 16.8 Å². The fourth-order valence-electron chi connectivity index (χ4n) is 3.73. The predicted molar refractivity (Wildman–Crippen MR) is 87.5 cm³/mol. The van der Waals surface area contributed by atoms with Gasteiger partial charge >= 0.3 is 0 Å². The van der Waals surface area contributed by atoms with Gasteiger partial charge < -0.3 is 10.6 Å². The van der Waals surface area contributed by atoms with Crippen molar-refractivity contribution in [3.8, 4) is 11.1 Å². The number of hydrogen-bond donors (Lipinski definition) is 1. The number of nitrogens with two attached hydrogens (primary N) is 1. The van der Waals surface area contributed by atoms with E-state index in [2.05, 4.69) is 0 Å². The zero-order valence-corrected chi connectivity index (χ0v) is 12.7. The second-order valence-corrected chi connectivity index (χ2v) is 6.38. The fourth-order valence-corrected chi connectivity index (χ4v) is 3.73. The van der Waals surface area contributed by atoms with Crippen LogP contribution in [0.5, 0.6) is 0 Å². The molecule has 2 aromatic rings. The Bertz CT molecular complexity index is 772. The van der Waals surface area contributed by atoms with E-state index >= 15 is 0 Å². The van der Waals surface area contributed by atoms with Crippen LogP contribution in [-0.4, -0.2) is 29.3 Å². The molecule has 4 rings (SSSR count).